The van der Waals surface area contributed by atoms with Gasteiger partial charge in [0.1, 0.15) is 11.5 Å². The number of aryl methyl sites for hydroxylation is 2. The summed E-state index contributed by atoms with van der Waals surface area (Å²) in [5.74, 6) is -7.11. The fraction of sp³-hybridized carbons (Fsp3) is 0.167. The minimum Gasteiger partial charge on any atom is -0.478 e. The van der Waals surface area contributed by atoms with Gasteiger partial charge in [0.15, 0.2) is 0 Å². The van der Waals surface area contributed by atoms with Crippen molar-refractivity contribution < 1.29 is 58.7 Å². The minimum atomic E-state index is -1.50. The van der Waals surface area contributed by atoms with E-state index < -0.39 is 58.1 Å². The Morgan fingerprint density at radius 3 is 1.04 bits per heavy atom. The van der Waals surface area contributed by atoms with Crippen LogP contribution in [-0.2, 0) is 0 Å². The predicted octanol–water partition coefficient (Wildman–Crippen LogP) is 6.44. The molecule has 0 bridgehead atoms. The fourth-order valence-electron chi connectivity index (χ4n) is 5.36. The summed E-state index contributed by atoms with van der Waals surface area (Å²) in [6.45, 7) is 10.7. The van der Waals surface area contributed by atoms with Gasteiger partial charge in [-0.05, 0) is 135 Å². The number of ether oxygens (including phenoxy) is 2. The number of esters is 2. The Hall–Kier alpha value is -6.30. The van der Waals surface area contributed by atoms with Crippen molar-refractivity contribution in [2.24, 2.45) is 0 Å². The van der Waals surface area contributed by atoms with Crippen LogP contribution in [0.15, 0.2) is 48.5 Å². The van der Waals surface area contributed by atoms with Crippen LogP contribution < -0.4 is 9.47 Å². The van der Waals surface area contributed by atoms with Crippen LogP contribution in [0.2, 0.25) is 0 Å². The van der Waals surface area contributed by atoms with Crippen LogP contribution in [0, 0.1) is 41.5 Å². The number of carboxylic acids is 4. The van der Waals surface area contributed by atoms with E-state index >= 15 is 0 Å². The van der Waals surface area contributed by atoms with E-state index in [0.29, 0.717) is 22.3 Å². The molecule has 0 atom stereocenters. The lowest BCUT2D eigenvalue weighted by molar-refractivity contribution is 0.0650. The number of benzene rings is 4. The third-order valence-electron chi connectivity index (χ3n) is 8.16. The number of carboxylic acid groups (broad SMARTS) is 4. The molecule has 0 fully saturated rings. The topological polar surface area (TPSA) is 202 Å². The number of carbonyl (C=O) groups excluding carboxylic acids is 2. The van der Waals surface area contributed by atoms with Gasteiger partial charge in [-0.2, -0.15) is 0 Å². The van der Waals surface area contributed by atoms with Gasteiger partial charge in [-0.1, -0.05) is 0 Å². The highest BCUT2D eigenvalue weighted by Crippen LogP contribution is 2.40. The van der Waals surface area contributed by atoms with Crippen molar-refractivity contribution in [1.82, 2.24) is 0 Å². The maximum absolute atomic E-state index is 13.1. The third kappa shape index (κ3) is 6.49. The molecule has 4 aromatic carbocycles. The molecule has 0 spiro atoms. The summed E-state index contributed by atoms with van der Waals surface area (Å²) in [6.07, 6.45) is 0. The van der Waals surface area contributed by atoms with Crippen LogP contribution in [0.5, 0.6) is 11.5 Å². The van der Waals surface area contributed by atoms with E-state index in [0.717, 1.165) is 46.5 Å². The van der Waals surface area contributed by atoms with Crippen LogP contribution in [0.3, 0.4) is 0 Å². The average molecular weight is 655 g/mol. The molecule has 0 heterocycles. The molecule has 0 aliphatic rings. The van der Waals surface area contributed by atoms with Gasteiger partial charge in [0.05, 0.1) is 33.4 Å². The normalized spacial score (nSPS) is 10.7. The molecule has 4 N–H and O–H groups in total. The van der Waals surface area contributed by atoms with Crippen molar-refractivity contribution in [2.75, 3.05) is 0 Å². The van der Waals surface area contributed by atoms with E-state index in [4.69, 9.17) is 9.47 Å². The van der Waals surface area contributed by atoms with Crippen molar-refractivity contribution in [2.45, 2.75) is 41.5 Å². The first kappa shape index (κ1) is 34.6. The van der Waals surface area contributed by atoms with Crippen molar-refractivity contribution in [3.8, 4) is 22.6 Å². The van der Waals surface area contributed by atoms with E-state index in [1.165, 1.54) is 12.1 Å². The molecule has 246 valence electrons. The quantitative estimate of drug-likeness (QED) is 0.114. The highest BCUT2D eigenvalue weighted by molar-refractivity contribution is 6.05. The highest BCUT2D eigenvalue weighted by atomic mass is 16.5. The average Bonchev–Trinajstić information content (AvgIpc) is 3.03. The smallest absolute Gasteiger partial charge is 0.343 e. The predicted molar refractivity (Wildman–Crippen MR) is 171 cm³/mol. The van der Waals surface area contributed by atoms with E-state index in [2.05, 4.69) is 0 Å². The molecule has 4 rings (SSSR count). The van der Waals surface area contributed by atoms with Gasteiger partial charge in [0, 0.05) is 0 Å². The van der Waals surface area contributed by atoms with Crippen molar-refractivity contribution in [3.05, 3.63) is 115 Å². The Morgan fingerprint density at radius 2 is 0.750 bits per heavy atom. The highest BCUT2D eigenvalue weighted by Gasteiger charge is 2.24. The monoisotopic (exact) mass is 654 g/mol. The second-order valence-electron chi connectivity index (χ2n) is 11.2. The second kappa shape index (κ2) is 13.2. The molecule has 12 nitrogen and oxygen atoms in total. The summed E-state index contributed by atoms with van der Waals surface area (Å²) in [4.78, 5) is 72.1. The summed E-state index contributed by atoms with van der Waals surface area (Å²) >= 11 is 0. The summed E-state index contributed by atoms with van der Waals surface area (Å²) in [7, 11) is 0. The van der Waals surface area contributed by atoms with Crippen LogP contribution in [-0.4, -0.2) is 56.2 Å². The molecular weight excluding hydrogens is 624 g/mol. The maximum Gasteiger partial charge on any atom is 0.343 e. The summed E-state index contributed by atoms with van der Waals surface area (Å²) < 4.78 is 11.4. The number of hydrogen-bond donors (Lipinski definition) is 4. The molecular formula is C36H30O12. The first-order valence-corrected chi connectivity index (χ1v) is 14.3. The molecule has 0 saturated heterocycles. The van der Waals surface area contributed by atoms with Crippen LogP contribution in [0.1, 0.15) is 95.5 Å². The van der Waals surface area contributed by atoms with E-state index in [9.17, 15) is 49.2 Å². The largest absolute Gasteiger partial charge is 0.478 e. The SMILES string of the molecule is Cc1cc(-c2cc(C)c(OC(=O)c3ccc(C(=O)O)c(C(=O)O)c3)c(C)c2C)c(C)c(C)c1OC(=O)c1ccc(C(=O)O)c(C(=O)O)c1. The van der Waals surface area contributed by atoms with Gasteiger partial charge in [-0.15, -0.1) is 0 Å². The molecule has 12 heteroatoms. The van der Waals surface area contributed by atoms with E-state index in [1.54, 1.807) is 27.7 Å². The number of carbonyl (C=O) groups is 6. The zero-order valence-electron chi connectivity index (χ0n) is 26.7. The van der Waals surface area contributed by atoms with Crippen molar-refractivity contribution in [3.63, 3.8) is 0 Å². The molecule has 0 unspecified atom stereocenters. The van der Waals surface area contributed by atoms with Gasteiger partial charge >= 0.3 is 35.8 Å². The fourth-order valence-corrected chi connectivity index (χ4v) is 5.36. The number of aromatic carboxylic acids is 4. The first-order valence-electron chi connectivity index (χ1n) is 14.3. The zero-order chi connectivity index (χ0) is 35.8. The summed E-state index contributed by atoms with van der Waals surface area (Å²) in [5.41, 5.74) is 3.28. The first-order chi connectivity index (χ1) is 22.4. The molecule has 0 aromatic heterocycles. The van der Waals surface area contributed by atoms with Crippen molar-refractivity contribution >= 4 is 35.8 Å². The second-order valence-corrected chi connectivity index (χ2v) is 11.2. The molecule has 0 aliphatic carbocycles. The summed E-state index contributed by atoms with van der Waals surface area (Å²) in [6, 6.07) is 10.0. The van der Waals surface area contributed by atoms with Crippen LogP contribution >= 0.6 is 0 Å². The minimum absolute atomic E-state index is 0.137. The maximum atomic E-state index is 13.1. The molecule has 0 aliphatic heterocycles. The Labute approximate surface area is 273 Å². The third-order valence-corrected chi connectivity index (χ3v) is 8.16. The number of hydrogen-bond acceptors (Lipinski definition) is 8. The van der Waals surface area contributed by atoms with Crippen LogP contribution in [0.25, 0.3) is 11.1 Å². The molecule has 0 amide bonds. The van der Waals surface area contributed by atoms with Gasteiger partial charge in [0.2, 0.25) is 0 Å². The lowest BCUT2D eigenvalue weighted by Gasteiger charge is -2.21. The summed E-state index contributed by atoms with van der Waals surface area (Å²) in [5, 5.41) is 37.4. The lowest BCUT2D eigenvalue weighted by Crippen LogP contribution is -2.15. The molecule has 0 radical (unpaired) electrons. The van der Waals surface area contributed by atoms with Crippen molar-refractivity contribution in [1.29, 1.82) is 0 Å². The molecule has 0 saturated carbocycles. The molecule has 48 heavy (non-hydrogen) atoms. The Kier molecular flexibility index (Phi) is 9.51. The Morgan fingerprint density at radius 1 is 0.438 bits per heavy atom. The molecule has 4 aromatic rings. The Bertz CT molecular complexity index is 1940. The van der Waals surface area contributed by atoms with E-state index in [-0.39, 0.29) is 22.6 Å². The van der Waals surface area contributed by atoms with E-state index in [1.807, 2.05) is 26.0 Å². The van der Waals surface area contributed by atoms with Gasteiger partial charge in [-0.3, -0.25) is 0 Å². The lowest BCUT2D eigenvalue weighted by atomic mass is 9.88. The Balaban J connectivity index is 1.68. The number of rotatable bonds is 9. The van der Waals surface area contributed by atoms with Gasteiger partial charge < -0.3 is 29.9 Å². The standard InChI is InChI=1S/C36H30O12/c1-15-11-25(17(3)19(5)29(15)47-35(45)21-7-9-23(31(37)38)27(13-21)33(41)42)26-12-16(2)30(20(6)18(26)4)48-36(46)22-8-10-24(32(39)40)28(14-22)34(43)44/h7-14H,1-6H3,(H,37,38)(H,39,40)(H,41,42)(H,43,44). The van der Waals surface area contributed by atoms with Crippen LogP contribution in [0.4, 0.5) is 0 Å². The van der Waals surface area contributed by atoms with Gasteiger partial charge in [0.25, 0.3) is 0 Å². The van der Waals surface area contributed by atoms with Gasteiger partial charge in [-0.25, -0.2) is 28.8 Å². The zero-order valence-corrected chi connectivity index (χ0v) is 26.7.